The van der Waals surface area contributed by atoms with Gasteiger partial charge in [0.25, 0.3) is 0 Å². The van der Waals surface area contributed by atoms with E-state index in [1.165, 1.54) is 0 Å². The van der Waals surface area contributed by atoms with Crippen molar-refractivity contribution in [2.24, 2.45) is 17.3 Å². The quantitative estimate of drug-likeness (QED) is 0.699. The van der Waals surface area contributed by atoms with Crippen LogP contribution in [0.2, 0.25) is 0 Å². The topological polar surface area (TPSA) is 77.8 Å². The van der Waals surface area contributed by atoms with Crippen molar-refractivity contribution in [1.29, 1.82) is 0 Å². The van der Waals surface area contributed by atoms with E-state index in [1.807, 2.05) is 13.8 Å². The average molecular weight is 268 g/mol. The van der Waals surface area contributed by atoms with Gasteiger partial charge in [-0.2, -0.15) is 0 Å². The number of aliphatic hydroxyl groups is 3. The molecule has 108 valence electrons. The molecule has 3 N–H and O–H groups in total. The highest BCUT2D eigenvalue weighted by molar-refractivity contribution is 5.95. The zero-order valence-corrected chi connectivity index (χ0v) is 11.9. The van der Waals surface area contributed by atoms with E-state index in [9.17, 15) is 20.1 Å². The summed E-state index contributed by atoms with van der Waals surface area (Å²) in [5.41, 5.74) is -0.292. The van der Waals surface area contributed by atoms with E-state index in [4.69, 9.17) is 0 Å². The van der Waals surface area contributed by atoms with Gasteiger partial charge in [-0.1, -0.05) is 12.5 Å². The molecule has 5 atom stereocenters. The molecule has 19 heavy (non-hydrogen) atoms. The molecule has 0 aromatic carbocycles. The van der Waals surface area contributed by atoms with Crippen LogP contribution in [-0.4, -0.2) is 39.4 Å². The second kappa shape index (κ2) is 4.69. The fraction of sp³-hybridized carbons (Fsp3) is 0.800. The first-order chi connectivity index (χ1) is 8.74. The van der Waals surface area contributed by atoms with Crippen molar-refractivity contribution in [2.45, 2.75) is 51.7 Å². The van der Waals surface area contributed by atoms with Crippen molar-refractivity contribution >= 4 is 5.78 Å². The Hall–Kier alpha value is -0.710. The number of allylic oxidation sites excluding steroid dienone is 1. The maximum Gasteiger partial charge on any atom is 0.184 e. The molecule has 0 bridgehead atoms. The van der Waals surface area contributed by atoms with Crippen molar-refractivity contribution in [3.05, 3.63) is 11.6 Å². The average Bonchev–Trinajstić information content (AvgIpc) is 2.82. The minimum Gasteiger partial charge on any atom is -0.393 e. The molecule has 2 aliphatic carbocycles. The Balaban J connectivity index is 2.30. The third kappa shape index (κ3) is 2.16. The van der Waals surface area contributed by atoms with E-state index in [2.05, 4.69) is 0 Å². The van der Waals surface area contributed by atoms with Crippen LogP contribution in [0.3, 0.4) is 0 Å². The molecule has 0 heterocycles. The van der Waals surface area contributed by atoms with Gasteiger partial charge in [0.15, 0.2) is 5.78 Å². The number of carbonyl (C=O) groups excluding carboxylic acids is 1. The highest BCUT2D eigenvalue weighted by Gasteiger charge is 2.53. The largest absolute Gasteiger partial charge is 0.393 e. The highest BCUT2D eigenvalue weighted by Crippen LogP contribution is 2.56. The van der Waals surface area contributed by atoms with Gasteiger partial charge in [0.2, 0.25) is 0 Å². The summed E-state index contributed by atoms with van der Waals surface area (Å²) in [5.74, 6) is -0.346. The summed E-state index contributed by atoms with van der Waals surface area (Å²) in [6.45, 7) is 5.25. The Bertz CT molecular complexity index is 412. The van der Waals surface area contributed by atoms with Gasteiger partial charge >= 0.3 is 0 Å². The lowest BCUT2D eigenvalue weighted by molar-refractivity contribution is -0.128. The maximum atomic E-state index is 11.7. The number of hydrogen-bond acceptors (Lipinski definition) is 4. The first kappa shape index (κ1) is 14.7. The number of hydrogen-bond donors (Lipinski definition) is 3. The van der Waals surface area contributed by atoms with Gasteiger partial charge in [-0.25, -0.2) is 0 Å². The number of aliphatic hydroxyl groups excluding tert-OH is 2. The van der Waals surface area contributed by atoms with E-state index in [-0.39, 0.29) is 29.6 Å². The summed E-state index contributed by atoms with van der Waals surface area (Å²) in [6, 6.07) is 0. The standard InChI is InChI=1S/C15H24O4/c1-9-6-12(17)13(18)10(2)15(9)5-4-11(7-15)14(3,19)8-16/h6,10-11,13,16,18-19H,4-5,7-8H2,1-3H3/t10-,11+,13+,14-,15-/m0/s1. The third-order valence-corrected chi connectivity index (χ3v) is 5.53. The first-order valence-corrected chi connectivity index (χ1v) is 6.98. The highest BCUT2D eigenvalue weighted by atomic mass is 16.3. The molecule has 4 heteroatoms. The molecular formula is C15H24O4. The van der Waals surface area contributed by atoms with Crippen molar-refractivity contribution in [1.82, 2.24) is 0 Å². The Morgan fingerprint density at radius 1 is 1.53 bits per heavy atom. The number of rotatable bonds is 2. The van der Waals surface area contributed by atoms with Gasteiger partial charge in [-0.05, 0) is 56.4 Å². The second-order valence-electron chi connectivity index (χ2n) is 6.57. The van der Waals surface area contributed by atoms with E-state index in [1.54, 1.807) is 13.0 Å². The van der Waals surface area contributed by atoms with Gasteiger partial charge in [0, 0.05) is 0 Å². The molecule has 2 aliphatic rings. The molecule has 2 rings (SSSR count). The summed E-state index contributed by atoms with van der Waals surface area (Å²) in [4.78, 5) is 11.7. The van der Waals surface area contributed by atoms with E-state index in [0.717, 1.165) is 18.4 Å². The van der Waals surface area contributed by atoms with E-state index >= 15 is 0 Å². The summed E-state index contributed by atoms with van der Waals surface area (Å²) in [5, 5.41) is 29.6. The van der Waals surface area contributed by atoms with Crippen molar-refractivity contribution in [3.63, 3.8) is 0 Å². The molecule has 4 nitrogen and oxygen atoms in total. The molecular weight excluding hydrogens is 244 g/mol. The van der Waals surface area contributed by atoms with Crippen LogP contribution in [0, 0.1) is 17.3 Å². The Morgan fingerprint density at radius 2 is 2.16 bits per heavy atom. The lowest BCUT2D eigenvalue weighted by Gasteiger charge is -2.43. The van der Waals surface area contributed by atoms with Crippen LogP contribution in [0.25, 0.3) is 0 Å². The molecule has 0 amide bonds. The molecule has 0 saturated heterocycles. The van der Waals surface area contributed by atoms with Gasteiger partial charge in [-0.3, -0.25) is 4.79 Å². The molecule has 0 aromatic rings. The van der Waals surface area contributed by atoms with Crippen LogP contribution in [0.1, 0.15) is 40.0 Å². The molecule has 0 aliphatic heterocycles. The fourth-order valence-electron chi connectivity index (χ4n) is 3.86. The summed E-state index contributed by atoms with van der Waals surface area (Å²) in [7, 11) is 0. The van der Waals surface area contributed by atoms with Crippen LogP contribution >= 0.6 is 0 Å². The first-order valence-electron chi connectivity index (χ1n) is 6.98. The van der Waals surface area contributed by atoms with Gasteiger partial charge in [-0.15, -0.1) is 0 Å². The lowest BCUT2D eigenvalue weighted by atomic mass is 9.63. The molecule has 0 unspecified atom stereocenters. The monoisotopic (exact) mass is 268 g/mol. The zero-order chi connectivity index (χ0) is 14.4. The molecule has 0 aromatic heterocycles. The van der Waals surface area contributed by atoms with Crippen molar-refractivity contribution < 1.29 is 20.1 Å². The van der Waals surface area contributed by atoms with Gasteiger partial charge < -0.3 is 15.3 Å². The Kier molecular flexibility index (Phi) is 3.62. The summed E-state index contributed by atoms with van der Waals surface area (Å²) < 4.78 is 0. The molecule has 1 fully saturated rings. The van der Waals surface area contributed by atoms with Crippen LogP contribution < -0.4 is 0 Å². The molecule has 1 spiro atoms. The minimum atomic E-state index is -1.09. The summed E-state index contributed by atoms with van der Waals surface area (Å²) >= 11 is 0. The third-order valence-electron chi connectivity index (χ3n) is 5.53. The van der Waals surface area contributed by atoms with E-state index in [0.29, 0.717) is 6.42 Å². The predicted octanol–water partition coefficient (Wildman–Crippen LogP) is 1.04. The summed E-state index contributed by atoms with van der Waals surface area (Å²) in [6.07, 6.45) is 2.99. The van der Waals surface area contributed by atoms with Gasteiger partial charge in [0.1, 0.15) is 6.10 Å². The van der Waals surface area contributed by atoms with Crippen molar-refractivity contribution in [3.8, 4) is 0 Å². The van der Waals surface area contributed by atoms with Crippen LogP contribution in [-0.2, 0) is 4.79 Å². The molecule has 1 saturated carbocycles. The van der Waals surface area contributed by atoms with Crippen molar-refractivity contribution in [2.75, 3.05) is 6.61 Å². The zero-order valence-electron chi connectivity index (χ0n) is 11.9. The SMILES string of the molecule is CC1=CC(=O)[C@H](O)[C@H](C)[C@]12CC[C@@H]([C@@](C)(O)CO)C2. The second-order valence-corrected chi connectivity index (χ2v) is 6.57. The van der Waals surface area contributed by atoms with Gasteiger partial charge in [0.05, 0.1) is 12.2 Å². The smallest absolute Gasteiger partial charge is 0.184 e. The molecule has 0 radical (unpaired) electrons. The Morgan fingerprint density at radius 3 is 2.74 bits per heavy atom. The number of ketones is 1. The Labute approximate surface area is 114 Å². The van der Waals surface area contributed by atoms with Crippen LogP contribution in [0.4, 0.5) is 0 Å². The van der Waals surface area contributed by atoms with Crippen LogP contribution in [0.15, 0.2) is 11.6 Å². The number of carbonyl (C=O) groups is 1. The normalized spacial score (nSPS) is 42.3. The van der Waals surface area contributed by atoms with E-state index < -0.39 is 11.7 Å². The predicted molar refractivity (Wildman–Crippen MR) is 71.4 cm³/mol. The van der Waals surface area contributed by atoms with Crippen LogP contribution in [0.5, 0.6) is 0 Å². The minimum absolute atomic E-state index is 0.00343. The fourth-order valence-corrected chi connectivity index (χ4v) is 3.86. The lowest BCUT2D eigenvalue weighted by Crippen LogP contribution is -2.45. The maximum absolute atomic E-state index is 11.7.